The van der Waals surface area contributed by atoms with Crippen LogP contribution in [0, 0.1) is 5.92 Å². The molecule has 2 N–H and O–H groups in total. The first-order chi connectivity index (χ1) is 16.2. The fraction of sp³-hybridized carbons (Fsp3) is 0.296. The molecule has 1 heterocycles. The predicted octanol–water partition coefficient (Wildman–Crippen LogP) is 5.41. The second-order valence-corrected chi connectivity index (χ2v) is 9.77. The lowest BCUT2D eigenvalue weighted by Crippen LogP contribution is -2.44. The highest BCUT2D eigenvalue weighted by molar-refractivity contribution is 7.13. The van der Waals surface area contributed by atoms with E-state index in [1.54, 1.807) is 5.38 Å². The summed E-state index contributed by atoms with van der Waals surface area (Å²) in [6.07, 6.45) is 0.473. The molecule has 0 aliphatic heterocycles. The van der Waals surface area contributed by atoms with E-state index in [0.29, 0.717) is 12.3 Å². The zero-order valence-corrected chi connectivity index (χ0v) is 21.0. The zero-order chi connectivity index (χ0) is 24.7. The van der Waals surface area contributed by atoms with Gasteiger partial charge in [0.25, 0.3) is 5.91 Å². The summed E-state index contributed by atoms with van der Waals surface area (Å²) >= 11 is 1.40. The minimum absolute atomic E-state index is 0.276. The smallest absolute Gasteiger partial charge is 0.289 e. The topological polar surface area (TPSA) is 74.3 Å². The third kappa shape index (κ3) is 6.78. The molecule has 3 rings (SSSR count). The van der Waals surface area contributed by atoms with E-state index in [4.69, 9.17) is 0 Å². The van der Waals surface area contributed by atoms with Gasteiger partial charge in [-0.3, -0.25) is 20.4 Å². The molecular weight excluding hydrogens is 444 g/mol. The molecule has 1 aromatic heterocycles. The molecule has 34 heavy (non-hydrogen) atoms. The lowest BCUT2D eigenvalue weighted by molar-refractivity contribution is -0.123. The van der Waals surface area contributed by atoms with Crippen molar-refractivity contribution in [2.24, 2.45) is 5.92 Å². The molecule has 0 saturated carbocycles. The number of thiazole rings is 1. The molecule has 6 nitrogen and oxygen atoms in total. The van der Waals surface area contributed by atoms with Gasteiger partial charge in [0.15, 0.2) is 5.13 Å². The summed E-state index contributed by atoms with van der Waals surface area (Å²) in [6.45, 7) is 11.0. The second kappa shape index (κ2) is 11.6. The van der Waals surface area contributed by atoms with Crippen LogP contribution in [0.3, 0.4) is 0 Å². The Bertz CT molecular complexity index is 1140. The summed E-state index contributed by atoms with van der Waals surface area (Å²) in [5.74, 6) is -0.740. The van der Waals surface area contributed by atoms with E-state index in [9.17, 15) is 9.59 Å². The summed E-state index contributed by atoms with van der Waals surface area (Å²) in [4.78, 5) is 32.1. The van der Waals surface area contributed by atoms with Crippen molar-refractivity contribution in [3.8, 4) is 11.1 Å². The van der Waals surface area contributed by atoms with Gasteiger partial charge in [-0.1, -0.05) is 74.0 Å². The molecule has 0 radical (unpaired) electrons. The second-order valence-electron chi connectivity index (χ2n) is 8.94. The fourth-order valence-electron chi connectivity index (χ4n) is 3.72. The molecule has 1 atom stereocenters. The number of aromatic nitrogens is 1. The van der Waals surface area contributed by atoms with Gasteiger partial charge in [-0.15, -0.1) is 17.9 Å². The number of nitrogens with one attached hydrogen (secondary N) is 2. The first-order valence-electron chi connectivity index (χ1n) is 11.3. The Morgan fingerprint density at radius 2 is 1.76 bits per heavy atom. The Kier molecular flexibility index (Phi) is 8.60. The number of rotatable bonds is 9. The SMILES string of the molecule is C=C(C)CC(C(=O)NNC(=O)c1csc(N(C)CC(C)C)n1)c1cccc(-c2ccccc2)c1. The monoisotopic (exact) mass is 476 g/mol. The van der Waals surface area contributed by atoms with Gasteiger partial charge >= 0.3 is 0 Å². The van der Waals surface area contributed by atoms with Gasteiger partial charge in [-0.05, 0) is 36.0 Å². The predicted molar refractivity (Wildman–Crippen MR) is 140 cm³/mol. The van der Waals surface area contributed by atoms with Crippen molar-refractivity contribution < 1.29 is 9.59 Å². The third-order valence-corrected chi connectivity index (χ3v) is 6.21. The number of amides is 2. The van der Waals surface area contributed by atoms with Crippen LogP contribution in [0.15, 0.2) is 72.1 Å². The van der Waals surface area contributed by atoms with Crippen LogP contribution in [0.4, 0.5) is 5.13 Å². The highest BCUT2D eigenvalue weighted by Crippen LogP contribution is 2.28. The number of hydrazine groups is 1. The number of carbonyl (C=O) groups is 2. The van der Waals surface area contributed by atoms with Gasteiger partial charge in [0.1, 0.15) is 5.69 Å². The maximum Gasteiger partial charge on any atom is 0.289 e. The molecule has 0 aliphatic rings. The first kappa shape index (κ1) is 25.2. The molecule has 3 aromatic rings. The molecule has 0 fully saturated rings. The lowest BCUT2D eigenvalue weighted by atomic mass is 9.90. The van der Waals surface area contributed by atoms with Crippen molar-refractivity contribution in [1.29, 1.82) is 0 Å². The maximum absolute atomic E-state index is 13.1. The van der Waals surface area contributed by atoms with E-state index < -0.39 is 11.8 Å². The summed E-state index contributed by atoms with van der Waals surface area (Å²) < 4.78 is 0. The molecule has 7 heteroatoms. The van der Waals surface area contributed by atoms with Crippen molar-refractivity contribution in [2.45, 2.75) is 33.1 Å². The maximum atomic E-state index is 13.1. The number of allylic oxidation sites excluding steroid dienone is 1. The zero-order valence-electron chi connectivity index (χ0n) is 20.2. The first-order valence-corrected chi connectivity index (χ1v) is 12.2. The molecule has 178 valence electrons. The van der Waals surface area contributed by atoms with E-state index in [-0.39, 0.29) is 11.6 Å². The number of benzene rings is 2. The van der Waals surface area contributed by atoms with Crippen LogP contribution >= 0.6 is 11.3 Å². The van der Waals surface area contributed by atoms with Crippen LogP contribution < -0.4 is 15.8 Å². The highest BCUT2D eigenvalue weighted by Gasteiger charge is 2.23. The highest BCUT2D eigenvalue weighted by atomic mass is 32.1. The molecule has 0 aliphatic carbocycles. The van der Waals surface area contributed by atoms with Gasteiger partial charge in [-0.25, -0.2) is 4.98 Å². The van der Waals surface area contributed by atoms with Crippen LogP contribution in [0.25, 0.3) is 11.1 Å². The van der Waals surface area contributed by atoms with E-state index >= 15 is 0 Å². The molecule has 0 bridgehead atoms. The Labute approximate surface area is 205 Å². The summed E-state index contributed by atoms with van der Waals surface area (Å²) in [5.41, 5.74) is 9.24. The number of nitrogens with zero attached hydrogens (tertiary/aromatic N) is 2. The van der Waals surface area contributed by atoms with Crippen LogP contribution in [-0.4, -0.2) is 30.4 Å². The van der Waals surface area contributed by atoms with E-state index in [0.717, 1.165) is 33.9 Å². The van der Waals surface area contributed by atoms with Crippen molar-refractivity contribution in [3.05, 3.63) is 83.4 Å². The Morgan fingerprint density at radius 3 is 2.44 bits per heavy atom. The van der Waals surface area contributed by atoms with Crippen LogP contribution in [0.2, 0.25) is 0 Å². The molecular formula is C27H32N4O2S. The van der Waals surface area contributed by atoms with Crippen molar-refractivity contribution in [1.82, 2.24) is 15.8 Å². The molecule has 1 unspecified atom stereocenters. The van der Waals surface area contributed by atoms with Crippen LogP contribution in [0.5, 0.6) is 0 Å². The average molecular weight is 477 g/mol. The fourth-order valence-corrected chi connectivity index (χ4v) is 4.50. The summed E-state index contributed by atoms with van der Waals surface area (Å²) in [6, 6.07) is 17.9. The Hall–Kier alpha value is -3.45. The third-order valence-electron chi connectivity index (χ3n) is 5.25. The number of carbonyl (C=O) groups excluding carboxylic acids is 2. The molecule has 2 aromatic carbocycles. The van der Waals surface area contributed by atoms with Gasteiger partial charge in [0.05, 0.1) is 5.92 Å². The largest absolute Gasteiger partial charge is 0.351 e. The van der Waals surface area contributed by atoms with Gasteiger partial charge in [0.2, 0.25) is 5.91 Å². The van der Waals surface area contributed by atoms with Gasteiger partial charge in [0, 0.05) is 19.0 Å². The van der Waals surface area contributed by atoms with Crippen molar-refractivity contribution in [2.75, 3.05) is 18.5 Å². The quantitative estimate of drug-likeness (QED) is 0.320. The van der Waals surface area contributed by atoms with E-state index in [2.05, 4.69) is 36.3 Å². The number of anilines is 1. The van der Waals surface area contributed by atoms with Crippen LogP contribution in [-0.2, 0) is 4.79 Å². The normalized spacial score (nSPS) is 11.7. The van der Waals surface area contributed by atoms with Gasteiger partial charge in [-0.2, -0.15) is 0 Å². The minimum atomic E-state index is -0.482. The van der Waals surface area contributed by atoms with Gasteiger partial charge < -0.3 is 4.90 Å². The van der Waals surface area contributed by atoms with Crippen molar-refractivity contribution >= 4 is 28.3 Å². The van der Waals surface area contributed by atoms with E-state index in [1.807, 2.05) is 73.5 Å². The molecule has 0 spiro atoms. The van der Waals surface area contributed by atoms with Crippen molar-refractivity contribution in [3.63, 3.8) is 0 Å². The summed E-state index contributed by atoms with van der Waals surface area (Å²) in [5, 5.41) is 2.46. The minimum Gasteiger partial charge on any atom is -0.351 e. The average Bonchev–Trinajstić information content (AvgIpc) is 3.32. The standard InChI is InChI=1S/C27H32N4O2S/c1-18(2)14-23(22-13-9-12-21(15-22)20-10-7-6-8-11-20)25(32)29-30-26(33)24-17-34-27(28-24)31(5)16-19(3)4/h6-13,15,17,19,23H,1,14,16H2,2-5H3,(H,29,32)(H,30,33). The summed E-state index contributed by atoms with van der Waals surface area (Å²) in [7, 11) is 1.95. The molecule has 2 amide bonds. The lowest BCUT2D eigenvalue weighted by Gasteiger charge is -2.19. The molecule has 0 saturated heterocycles. The number of hydrogen-bond acceptors (Lipinski definition) is 5. The Morgan fingerprint density at radius 1 is 1.06 bits per heavy atom. The van der Waals surface area contributed by atoms with E-state index in [1.165, 1.54) is 11.3 Å². The number of hydrogen-bond donors (Lipinski definition) is 2. The Balaban J connectivity index is 1.70. The van der Waals surface area contributed by atoms with Crippen LogP contribution in [0.1, 0.15) is 49.2 Å².